The summed E-state index contributed by atoms with van der Waals surface area (Å²) >= 11 is 0. The van der Waals surface area contributed by atoms with Gasteiger partial charge in [-0.3, -0.25) is 5.32 Å². The Morgan fingerprint density at radius 1 is 1.22 bits per heavy atom. The van der Waals surface area contributed by atoms with Gasteiger partial charge in [-0.05, 0) is 38.5 Å². The Balaban J connectivity index is 2.19. The van der Waals surface area contributed by atoms with Crippen LogP contribution in [0.15, 0.2) is 30.3 Å². The number of nitrogens with zero attached hydrogens (tertiary/aromatic N) is 2. The topological polar surface area (TPSA) is 39.1 Å². The largest absolute Gasteiger partial charge is 0.300 e. The van der Waals surface area contributed by atoms with Crippen molar-refractivity contribution in [3.05, 3.63) is 35.9 Å². The molecule has 96 valence electrons. The lowest BCUT2D eigenvalue weighted by atomic mass is 9.90. The monoisotopic (exact) mass is 243 g/mol. The fraction of sp³-hybridized carbons (Fsp3) is 0.533. The molecule has 0 saturated carbocycles. The van der Waals surface area contributed by atoms with E-state index in [4.69, 9.17) is 0 Å². The van der Waals surface area contributed by atoms with E-state index < -0.39 is 5.54 Å². The number of likely N-dealkylation sites (tertiary alicyclic amines) is 1. The van der Waals surface area contributed by atoms with Gasteiger partial charge in [0.05, 0.1) is 6.07 Å². The molecule has 18 heavy (non-hydrogen) atoms. The Kier molecular flexibility index (Phi) is 4.35. The van der Waals surface area contributed by atoms with Gasteiger partial charge < -0.3 is 4.90 Å². The highest BCUT2D eigenvalue weighted by Crippen LogP contribution is 2.23. The Hall–Kier alpha value is -1.37. The quantitative estimate of drug-likeness (QED) is 0.880. The van der Waals surface area contributed by atoms with Crippen LogP contribution in [-0.2, 0) is 5.54 Å². The van der Waals surface area contributed by atoms with Crippen molar-refractivity contribution >= 4 is 0 Å². The summed E-state index contributed by atoms with van der Waals surface area (Å²) < 4.78 is 0. The van der Waals surface area contributed by atoms with Gasteiger partial charge >= 0.3 is 0 Å². The van der Waals surface area contributed by atoms with Crippen molar-refractivity contribution in [1.29, 1.82) is 5.26 Å². The Morgan fingerprint density at radius 2 is 1.89 bits per heavy atom. The van der Waals surface area contributed by atoms with Crippen LogP contribution in [0.3, 0.4) is 0 Å². The molecule has 0 aliphatic carbocycles. The molecule has 3 nitrogen and oxygen atoms in total. The number of rotatable bonds is 4. The molecule has 1 N–H and O–H groups in total. The summed E-state index contributed by atoms with van der Waals surface area (Å²) in [7, 11) is 1.88. The molecule has 1 saturated heterocycles. The van der Waals surface area contributed by atoms with Crippen molar-refractivity contribution < 1.29 is 0 Å². The Labute approximate surface area is 109 Å². The second kappa shape index (κ2) is 5.99. The maximum atomic E-state index is 9.62. The fourth-order valence-corrected chi connectivity index (χ4v) is 2.65. The minimum Gasteiger partial charge on any atom is -0.300 e. The van der Waals surface area contributed by atoms with Crippen LogP contribution in [-0.4, -0.2) is 31.6 Å². The van der Waals surface area contributed by atoms with Crippen molar-refractivity contribution in [3.8, 4) is 6.07 Å². The minimum atomic E-state index is -0.585. The SMILES string of the molecule is CNC(C#N)(CN1CCCCC1)c1ccccc1. The van der Waals surface area contributed by atoms with Crippen LogP contribution < -0.4 is 5.32 Å². The van der Waals surface area contributed by atoms with Crippen LogP contribution in [0.1, 0.15) is 24.8 Å². The van der Waals surface area contributed by atoms with E-state index in [0.29, 0.717) is 0 Å². The van der Waals surface area contributed by atoms with E-state index in [1.807, 2.05) is 37.4 Å². The van der Waals surface area contributed by atoms with Gasteiger partial charge in [-0.1, -0.05) is 36.8 Å². The molecule has 0 bridgehead atoms. The van der Waals surface area contributed by atoms with Crippen LogP contribution in [0.2, 0.25) is 0 Å². The van der Waals surface area contributed by atoms with Crippen LogP contribution in [0.25, 0.3) is 0 Å². The summed E-state index contributed by atoms with van der Waals surface area (Å²) in [5.74, 6) is 0. The molecule has 1 unspecified atom stereocenters. The number of benzene rings is 1. The van der Waals surface area contributed by atoms with Crippen molar-refractivity contribution in [1.82, 2.24) is 10.2 Å². The normalized spacial score (nSPS) is 20.0. The molecular weight excluding hydrogens is 222 g/mol. The Morgan fingerprint density at radius 3 is 2.44 bits per heavy atom. The molecule has 0 aromatic heterocycles. The first-order valence-electron chi connectivity index (χ1n) is 6.69. The van der Waals surface area contributed by atoms with Crippen LogP contribution in [0.5, 0.6) is 0 Å². The zero-order chi connectivity index (χ0) is 12.8. The van der Waals surface area contributed by atoms with Crippen molar-refractivity contribution in [2.75, 3.05) is 26.7 Å². The van der Waals surface area contributed by atoms with E-state index in [9.17, 15) is 5.26 Å². The predicted octanol–water partition coefficient (Wildman–Crippen LogP) is 2.11. The molecule has 1 fully saturated rings. The van der Waals surface area contributed by atoms with Gasteiger partial charge in [0, 0.05) is 6.54 Å². The fourth-order valence-electron chi connectivity index (χ4n) is 2.65. The number of likely N-dealkylation sites (N-methyl/N-ethyl adjacent to an activating group) is 1. The zero-order valence-corrected chi connectivity index (χ0v) is 11.0. The second-order valence-corrected chi connectivity index (χ2v) is 4.97. The summed E-state index contributed by atoms with van der Waals surface area (Å²) in [6.45, 7) is 2.99. The third-order valence-electron chi connectivity index (χ3n) is 3.79. The van der Waals surface area contributed by atoms with Gasteiger partial charge in [0.15, 0.2) is 0 Å². The average Bonchev–Trinajstić information content (AvgIpc) is 2.47. The van der Waals surface area contributed by atoms with E-state index in [1.165, 1.54) is 19.3 Å². The van der Waals surface area contributed by atoms with Gasteiger partial charge in [0.25, 0.3) is 0 Å². The molecule has 1 aromatic carbocycles. The molecule has 2 rings (SSSR count). The summed E-state index contributed by atoms with van der Waals surface area (Å²) in [4.78, 5) is 2.40. The van der Waals surface area contributed by atoms with E-state index >= 15 is 0 Å². The molecule has 3 heteroatoms. The lowest BCUT2D eigenvalue weighted by Gasteiger charge is -2.35. The highest BCUT2D eigenvalue weighted by Gasteiger charge is 2.32. The van der Waals surface area contributed by atoms with E-state index in [1.54, 1.807) is 0 Å². The standard InChI is InChI=1S/C15H21N3/c1-17-15(12-16,14-8-4-2-5-9-14)13-18-10-6-3-7-11-18/h2,4-5,8-9,17H,3,6-7,10-11,13H2,1H3. The molecular formula is C15H21N3. The molecule has 1 atom stereocenters. The predicted molar refractivity (Wildman–Crippen MR) is 73.1 cm³/mol. The lowest BCUT2D eigenvalue weighted by molar-refractivity contribution is 0.185. The summed E-state index contributed by atoms with van der Waals surface area (Å²) in [5.41, 5.74) is 0.471. The minimum absolute atomic E-state index is 0.585. The maximum Gasteiger partial charge on any atom is 0.144 e. The Bertz CT molecular complexity index is 403. The first-order chi connectivity index (χ1) is 8.80. The van der Waals surface area contributed by atoms with Gasteiger partial charge in [-0.25, -0.2) is 0 Å². The smallest absolute Gasteiger partial charge is 0.144 e. The number of hydrogen-bond acceptors (Lipinski definition) is 3. The van der Waals surface area contributed by atoms with E-state index in [0.717, 1.165) is 25.2 Å². The molecule has 1 heterocycles. The van der Waals surface area contributed by atoms with Gasteiger partial charge in [0.1, 0.15) is 5.54 Å². The molecule has 0 amide bonds. The van der Waals surface area contributed by atoms with E-state index in [-0.39, 0.29) is 0 Å². The second-order valence-electron chi connectivity index (χ2n) is 4.97. The number of hydrogen-bond donors (Lipinski definition) is 1. The molecule has 1 aliphatic rings. The zero-order valence-electron chi connectivity index (χ0n) is 11.0. The van der Waals surface area contributed by atoms with Crippen LogP contribution >= 0.6 is 0 Å². The number of piperidine rings is 1. The molecule has 1 aromatic rings. The highest BCUT2D eigenvalue weighted by molar-refractivity contribution is 5.31. The molecule has 1 aliphatic heterocycles. The summed E-state index contributed by atoms with van der Waals surface area (Å²) in [5, 5.41) is 12.8. The number of nitrogens with one attached hydrogen (secondary N) is 1. The third-order valence-corrected chi connectivity index (χ3v) is 3.79. The third kappa shape index (κ3) is 2.72. The molecule has 0 spiro atoms. The molecule has 0 radical (unpaired) electrons. The van der Waals surface area contributed by atoms with E-state index in [2.05, 4.69) is 16.3 Å². The van der Waals surface area contributed by atoms with Crippen LogP contribution in [0.4, 0.5) is 0 Å². The first kappa shape index (κ1) is 13.1. The maximum absolute atomic E-state index is 9.62. The van der Waals surface area contributed by atoms with Gasteiger partial charge in [-0.2, -0.15) is 5.26 Å². The van der Waals surface area contributed by atoms with Crippen molar-refractivity contribution in [2.24, 2.45) is 0 Å². The van der Waals surface area contributed by atoms with Gasteiger partial charge in [-0.15, -0.1) is 0 Å². The van der Waals surface area contributed by atoms with Crippen LogP contribution in [0, 0.1) is 11.3 Å². The van der Waals surface area contributed by atoms with Crippen molar-refractivity contribution in [2.45, 2.75) is 24.8 Å². The number of nitriles is 1. The summed E-state index contributed by atoms with van der Waals surface area (Å²) in [6, 6.07) is 12.5. The first-order valence-corrected chi connectivity index (χ1v) is 6.69. The average molecular weight is 243 g/mol. The lowest BCUT2D eigenvalue weighted by Crippen LogP contribution is -2.49. The van der Waals surface area contributed by atoms with Crippen molar-refractivity contribution in [3.63, 3.8) is 0 Å². The highest BCUT2D eigenvalue weighted by atomic mass is 15.2. The van der Waals surface area contributed by atoms with Gasteiger partial charge in [0.2, 0.25) is 0 Å². The summed E-state index contributed by atoms with van der Waals surface area (Å²) in [6.07, 6.45) is 3.82.